The summed E-state index contributed by atoms with van der Waals surface area (Å²) in [6.45, 7) is 8.62. The fourth-order valence-electron chi connectivity index (χ4n) is 2.75. The van der Waals surface area contributed by atoms with Crippen molar-refractivity contribution in [3.05, 3.63) is 20.8 Å². The molecule has 7 nitrogen and oxygen atoms in total. The maximum absolute atomic E-state index is 12.8. The molecule has 0 aromatic carbocycles. The van der Waals surface area contributed by atoms with E-state index in [1.165, 1.54) is 9.47 Å². The topological polar surface area (TPSA) is 101 Å². The Morgan fingerprint density at radius 1 is 1.21 bits per heavy atom. The number of aromatic amines is 1. The lowest BCUT2D eigenvalue weighted by molar-refractivity contribution is -0.122. The Balaban J connectivity index is 3.42. The van der Waals surface area contributed by atoms with Crippen molar-refractivity contribution in [1.82, 2.24) is 9.55 Å². The number of unbranched alkanes of at least 4 members (excludes halogenated alkanes) is 1. The molecule has 1 rings (SSSR count). The monoisotopic (exact) mass is 338 g/mol. The maximum atomic E-state index is 12.8. The fraction of sp³-hybridized carbons (Fsp3) is 0.706. The van der Waals surface area contributed by atoms with Gasteiger partial charge in [-0.05, 0) is 19.3 Å². The summed E-state index contributed by atoms with van der Waals surface area (Å²) in [5.41, 5.74) is 5.07. The normalized spacial score (nSPS) is 12.2. The van der Waals surface area contributed by atoms with Gasteiger partial charge in [0.1, 0.15) is 5.82 Å². The van der Waals surface area contributed by atoms with E-state index in [-0.39, 0.29) is 23.3 Å². The third kappa shape index (κ3) is 4.49. The number of hydrogen-bond donors (Lipinski definition) is 2. The first-order valence-electron chi connectivity index (χ1n) is 8.82. The summed E-state index contributed by atoms with van der Waals surface area (Å²) in [4.78, 5) is 40.9. The van der Waals surface area contributed by atoms with Crippen LogP contribution in [-0.2, 0) is 11.3 Å². The molecule has 24 heavy (non-hydrogen) atoms. The molecule has 0 radical (unpaired) electrons. The molecule has 1 aromatic rings. The second-order valence-corrected chi connectivity index (χ2v) is 6.18. The second-order valence-electron chi connectivity index (χ2n) is 6.18. The van der Waals surface area contributed by atoms with Crippen LogP contribution in [0.3, 0.4) is 0 Å². The van der Waals surface area contributed by atoms with Gasteiger partial charge in [0.2, 0.25) is 5.91 Å². The average molecular weight is 338 g/mol. The largest absolute Gasteiger partial charge is 0.383 e. The number of amides is 1. The van der Waals surface area contributed by atoms with Gasteiger partial charge in [0.25, 0.3) is 5.56 Å². The molecular weight excluding hydrogens is 308 g/mol. The van der Waals surface area contributed by atoms with Crippen molar-refractivity contribution in [2.45, 2.75) is 66.3 Å². The van der Waals surface area contributed by atoms with Gasteiger partial charge in [0.05, 0.1) is 0 Å². The lowest BCUT2D eigenvalue weighted by Crippen LogP contribution is -2.43. The van der Waals surface area contributed by atoms with E-state index in [9.17, 15) is 14.4 Å². The van der Waals surface area contributed by atoms with E-state index in [0.717, 1.165) is 25.7 Å². The molecule has 1 heterocycles. The minimum Gasteiger partial charge on any atom is -0.383 e. The number of carbonyl (C=O) groups is 1. The van der Waals surface area contributed by atoms with Crippen molar-refractivity contribution in [3.8, 4) is 0 Å². The number of nitrogens with one attached hydrogen (secondary N) is 1. The third-order valence-corrected chi connectivity index (χ3v) is 4.08. The van der Waals surface area contributed by atoms with Crippen LogP contribution in [0, 0.1) is 5.92 Å². The molecule has 0 bridgehead atoms. The Morgan fingerprint density at radius 3 is 2.42 bits per heavy atom. The Morgan fingerprint density at radius 2 is 1.88 bits per heavy atom. The summed E-state index contributed by atoms with van der Waals surface area (Å²) in [5, 5.41) is 0. The number of carbonyl (C=O) groups excluding carboxylic acids is 1. The summed E-state index contributed by atoms with van der Waals surface area (Å²) in [6, 6.07) is 0. The molecule has 136 valence electrons. The zero-order valence-electron chi connectivity index (χ0n) is 15.2. The van der Waals surface area contributed by atoms with Crippen LogP contribution in [0.25, 0.3) is 0 Å². The van der Waals surface area contributed by atoms with Crippen LogP contribution >= 0.6 is 0 Å². The zero-order valence-corrected chi connectivity index (χ0v) is 15.2. The van der Waals surface area contributed by atoms with Gasteiger partial charge in [-0.3, -0.25) is 19.1 Å². The van der Waals surface area contributed by atoms with E-state index in [1.807, 2.05) is 27.7 Å². The molecule has 1 aromatic heterocycles. The maximum Gasteiger partial charge on any atom is 0.330 e. The molecule has 1 unspecified atom stereocenters. The van der Waals surface area contributed by atoms with Crippen LogP contribution in [0.5, 0.6) is 0 Å². The minimum atomic E-state index is -0.599. The SMILES string of the molecule is CCCCN(C(=O)C(C)CCC)c1c(N)n(CCC)c(=O)[nH]c1=O. The molecule has 0 spiro atoms. The van der Waals surface area contributed by atoms with Crippen LogP contribution in [0.4, 0.5) is 11.5 Å². The summed E-state index contributed by atoms with van der Waals surface area (Å²) in [5.74, 6) is -0.250. The van der Waals surface area contributed by atoms with Gasteiger partial charge in [-0.1, -0.05) is 40.5 Å². The summed E-state index contributed by atoms with van der Waals surface area (Å²) in [6.07, 6.45) is 3.98. The van der Waals surface area contributed by atoms with E-state index >= 15 is 0 Å². The average Bonchev–Trinajstić information content (AvgIpc) is 2.53. The Kier molecular flexibility index (Phi) is 7.74. The molecule has 0 fully saturated rings. The van der Waals surface area contributed by atoms with Gasteiger partial charge >= 0.3 is 5.69 Å². The highest BCUT2D eigenvalue weighted by Crippen LogP contribution is 2.21. The van der Waals surface area contributed by atoms with Gasteiger partial charge in [-0.2, -0.15) is 0 Å². The molecule has 0 aliphatic carbocycles. The summed E-state index contributed by atoms with van der Waals surface area (Å²) in [7, 11) is 0. The number of rotatable bonds is 9. The first-order chi connectivity index (χ1) is 11.4. The molecule has 0 aliphatic heterocycles. The third-order valence-electron chi connectivity index (χ3n) is 4.08. The first-order valence-corrected chi connectivity index (χ1v) is 8.82. The van der Waals surface area contributed by atoms with Crippen molar-refractivity contribution in [1.29, 1.82) is 0 Å². The van der Waals surface area contributed by atoms with E-state index in [0.29, 0.717) is 19.5 Å². The summed E-state index contributed by atoms with van der Waals surface area (Å²) >= 11 is 0. The highest BCUT2D eigenvalue weighted by molar-refractivity contribution is 5.96. The molecule has 0 aliphatic rings. The van der Waals surface area contributed by atoms with Crippen LogP contribution in [0.2, 0.25) is 0 Å². The van der Waals surface area contributed by atoms with Gasteiger partial charge in [-0.25, -0.2) is 4.79 Å². The number of nitrogen functional groups attached to an aromatic ring is 1. The smallest absolute Gasteiger partial charge is 0.330 e. The highest BCUT2D eigenvalue weighted by Gasteiger charge is 2.26. The Labute approximate surface area is 142 Å². The number of nitrogens with zero attached hydrogens (tertiary/aromatic N) is 2. The van der Waals surface area contributed by atoms with Crippen LogP contribution in [0.15, 0.2) is 9.59 Å². The van der Waals surface area contributed by atoms with Crippen molar-refractivity contribution in [2.75, 3.05) is 17.2 Å². The standard InChI is InChI=1S/C17H30N4O3/c1-5-8-11-20(16(23)12(4)9-6-2)13-14(18)21(10-7-3)17(24)19-15(13)22/h12H,5-11,18H2,1-4H3,(H,19,22,24). The van der Waals surface area contributed by atoms with Crippen LogP contribution < -0.4 is 21.9 Å². The van der Waals surface area contributed by atoms with Gasteiger partial charge < -0.3 is 10.6 Å². The molecule has 0 saturated heterocycles. The van der Waals surface area contributed by atoms with Crippen molar-refractivity contribution < 1.29 is 4.79 Å². The van der Waals surface area contributed by atoms with E-state index in [4.69, 9.17) is 5.73 Å². The quantitative estimate of drug-likeness (QED) is 0.720. The Hall–Kier alpha value is -2.05. The predicted molar refractivity (Wildman–Crippen MR) is 97.4 cm³/mol. The first kappa shape index (κ1) is 20.0. The molecular formula is C17H30N4O3. The van der Waals surface area contributed by atoms with Crippen molar-refractivity contribution >= 4 is 17.4 Å². The summed E-state index contributed by atoms with van der Waals surface area (Å²) < 4.78 is 1.33. The molecule has 1 amide bonds. The molecule has 7 heteroatoms. The van der Waals surface area contributed by atoms with Crippen molar-refractivity contribution in [2.24, 2.45) is 5.92 Å². The second kappa shape index (κ2) is 9.30. The van der Waals surface area contributed by atoms with Crippen LogP contribution in [0.1, 0.15) is 59.8 Å². The van der Waals surface area contributed by atoms with E-state index < -0.39 is 11.2 Å². The number of aromatic nitrogens is 2. The zero-order chi connectivity index (χ0) is 18.3. The molecule has 0 saturated carbocycles. The predicted octanol–water partition coefficient (Wildman–Crippen LogP) is 2.10. The number of nitrogens with two attached hydrogens (primary N) is 1. The van der Waals surface area contributed by atoms with Gasteiger partial charge in [0, 0.05) is 19.0 Å². The lowest BCUT2D eigenvalue weighted by atomic mass is 10.0. The number of H-pyrrole nitrogens is 1. The number of hydrogen-bond acceptors (Lipinski definition) is 4. The fourth-order valence-corrected chi connectivity index (χ4v) is 2.75. The Bertz CT molecular complexity index is 663. The molecule has 3 N–H and O–H groups in total. The van der Waals surface area contributed by atoms with E-state index in [1.54, 1.807) is 0 Å². The lowest BCUT2D eigenvalue weighted by Gasteiger charge is -2.27. The number of anilines is 2. The molecule has 1 atom stereocenters. The van der Waals surface area contributed by atoms with Crippen LogP contribution in [-0.4, -0.2) is 22.0 Å². The highest BCUT2D eigenvalue weighted by atomic mass is 16.2. The van der Waals surface area contributed by atoms with Gasteiger partial charge in [0.15, 0.2) is 5.69 Å². The van der Waals surface area contributed by atoms with Crippen molar-refractivity contribution in [3.63, 3.8) is 0 Å². The van der Waals surface area contributed by atoms with Gasteiger partial charge in [-0.15, -0.1) is 0 Å². The van der Waals surface area contributed by atoms with E-state index in [2.05, 4.69) is 4.98 Å². The minimum absolute atomic E-state index is 0.0683.